The van der Waals surface area contributed by atoms with Gasteiger partial charge in [-0.3, -0.25) is 4.79 Å². The molecule has 8 nitrogen and oxygen atoms in total. The largest absolute Gasteiger partial charge is 0.482 e. The Morgan fingerprint density at radius 2 is 2.03 bits per heavy atom. The van der Waals surface area contributed by atoms with E-state index in [-0.39, 0.29) is 29.6 Å². The van der Waals surface area contributed by atoms with Gasteiger partial charge in [-0.25, -0.2) is 9.59 Å². The number of halogens is 1. The molecule has 1 aromatic heterocycles. The van der Waals surface area contributed by atoms with Gasteiger partial charge in [0.25, 0.3) is 5.91 Å². The van der Waals surface area contributed by atoms with Crippen LogP contribution in [0.5, 0.6) is 11.5 Å². The van der Waals surface area contributed by atoms with Gasteiger partial charge in [-0.1, -0.05) is 11.6 Å². The molecule has 1 amide bonds. The van der Waals surface area contributed by atoms with Crippen molar-refractivity contribution in [3.63, 3.8) is 0 Å². The lowest BCUT2D eigenvalue weighted by molar-refractivity contribution is -0.136. The van der Waals surface area contributed by atoms with Crippen molar-refractivity contribution >= 4 is 34.4 Å². The topological polar surface area (TPSA) is 104 Å². The molecule has 1 unspecified atom stereocenters. The quantitative estimate of drug-likeness (QED) is 0.318. The molecule has 0 radical (unpaired) electrons. The second-order valence-electron chi connectivity index (χ2n) is 7.66. The Balaban J connectivity index is 1.40. The fourth-order valence-electron chi connectivity index (χ4n) is 3.49. The van der Waals surface area contributed by atoms with Crippen molar-refractivity contribution in [3.8, 4) is 11.5 Å². The maximum Gasteiger partial charge on any atom is 0.349 e. The molecule has 4 rings (SSSR count). The second-order valence-corrected chi connectivity index (χ2v) is 8.10. The summed E-state index contributed by atoms with van der Waals surface area (Å²) in [6.45, 7) is 2.52. The molecule has 0 aliphatic carbocycles. The molecule has 172 valence electrons. The number of rotatable bonds is 7. The van der Waals surface area contributed by atoms with Crippen LogP contribution in [0.2, 0.25) is 5.02 Å². The Morgan fingerprint density at radius 1 is 1.18 bits per heavy atom. The van der Waals surface area contributed by atoms with Crippen LogP contribution in [0.15, 0.2) is 51.7 Å². The monoisotopic (exact) mass is 471 g/mol. The predicted octanol–water partition coefficient (Wildman–Crippen LogP) is 3.65. The molecule has 0 bridgehead atoms. The highest BCUT2D eigenvalue weighted by Gasteiger charge is 2.19. The van der Waals surface area contributed by atoms with Gasteiger partial charge in [0.2, 0.25) is 0 Å². The first-order chi connectivity index (χ1) is 15.9. The van der Waals surface area contributed by atoms with E-state index in [1.807, 2.05) is 6.92 Å². The summed E-state index contributed by atoms with van der Waals surface area (Å²) in [5.74, 6) is -0.448. The molecular weight excluding hydrogens is 450 g/mol. The van der Waals surface area contributed by atoms with Crippen molar-refractivity contribution in [2.75, 3.05) is 19.8 Å². The molecule has 9 heteroatoms. The van der Waals surface area contributed by atoms with Crippen LogP contribution in [0.4, 0.5) is 0 Å². The Bertz CT molecular complexity index is 1250. The van der Waals surface area contributed by atoms with E-state index in [9.17, 15) is 14.4 Å². The van der Waals surface area contributed by atoms with E-state index in [1.165, 1.54) is 12.1 Å². The molecule has 0 spiro atoms. The number of esters is 1. The SMILES string of the molecule is Cc1cc(Cl)ccc1OCC(=O)Oc1ccc2cc(C(=O)NCC3CCCO3)c(=O)oc2c1. The highest BCUT2D eigenvalue weighted by atomic mass is 35.5. The molecule has 1 atom stereocenters. The van der Waals surface area contributed by atoms with Gasteiger partial charge >= 0.3 is 11.6 Å². The number of carbonyl (C=O) groups is 2. The van der Waals surface area contributed by atoms with E-state index in [1.54, 1.807) is 30.3 Å². The van der Waals surface area contributed by atoms with E-state index >= 15 is 0 Å². The second kappa shape index (κ2) is 10.1. The maximum absolute atomic E-state index is 12.4. The minimum absolute atomic E-state index is 0.0359. The number of hydrogen-bond donors (Lipinski definition) is 1. The van der Waals surface area contributed by atoms with Gasteiger partial charge in [0.05, 0.1) is 6.10 Å². The molecule has 1 N–H and O–H groups in total. The first-order valence-electron chi connectivity index (χ1n) is 10.5. The molecule has 1 fully saturated rings. The Labute approximate surface area is 194 Å². The normalized spacial score (nSPS) is 15.4. The van der Waals surface area contributed by atoms with Crippen LogP contribution < -0.4 is 20.4 Å². The summed E-state index contributed by atoms with van der Waals surface area (Å²) in [6.07, 6.45) is 1.79. The first kappa shape index (κ1) is 22.8. The fourth-order valence-corrected chi connectivity index (χ4v) is 3.72. The third-order valence-corrected chi connectivity index (χ3v) is 5.42. The van der Waals surface area contributed by atoms with Gasteiger partial charge in [0, 0.05) is 29.6 Å². The van der Waals surface area contributed by atoms with Gasteiger partial charge in [0.1, 0.15) is 22.6 Å². The van der Waals surface area contributed by atoms with Crippen LogP contribution in [0.1, 0.15) is 28.8 Å². The molecular formula is C24H22ClNO7. The van der Waals surface area contributed by atoms with Crippen LogP contribution in [0, 0.1) is 6.92 Å². The summed E-state index contributed by atoms with van der Waals surface area (Å²) in [5, 5.41) is 3.79. The van der Waals surface area contributed by atoms with Crippen LogP contribution in [0.3, 0.4) is 0 Å². The first-order valence-corrected chi connectivity index (χ1v) is 10.8. The summed E-state index contributed by atoms with van der Waals surface area (Å²) < 4.78 is 21.5. The molecule has 0 saturated carbocycles. The number of benzene rings is 2. The third kappa shape index (κ3) is 5.71. The zero-order valence-corrected chi connectivity index (χ0v) is 18.6. The predicted molar refractivity (Wildman–Crippen MR) is 121 cm³/mol. The summed E-state index contributed by atoms with van der Waals surface area (Å²) in [6, 6.07) is 11.1. The summed E-state index contributed by atoms with van der Waals surface area (Å²) in [4.78, 5) is 36.9. The van der Waals surface area contributed by atoms with Crippen molar-refractivity contribution in [3.05, 3.63) is 69.0 Å². The van der Waals surface area contributed by atoms with Gasteiger partial charge in [0.15, 0.2) is 6.61 Å². The lowest BCUT2D eigenvalue weighted by Gasteiger charge is -2.11. The minimum atomic E-state index is -0.780. The third-order valence-electron chi connectivity index (χ3n) is 5.18. The van der Waals surface area contributed by atoms with E-state index in [0.29, 0.717) is 29.3 Å². The highest BCUT2D eigenvalue weighted by Crippen LogP contribution is 2.23. The summed E-state index contributed by atoms with van der Waals surface area (Å²) in [7, 11) is 0. The van der Waals surface area contributed by atoms with Gasteiger partial charge in [-0.2, -0.15) is 0 Å². The maximum atomic E-state index is 12.4. The smallest absolute Gasteiger partial charge is 0.349 e. The molecule has 1 aliphatic rings. The fraction of sp³-hybridized carbons (Fsp3) is 0.292. The molecule has 3 aromatic rings. The zero-order chi connectivity index (χ0) is 23.4. The van der Waals surface area contributed by atoms with Gasteiger partial charge < -0.3 is 23.9 Å². The summed E-state index contributed by atoms with van der Waals surface area (Å²) >= 11 is 5.91. The van der Waals surface area contributed by atoms with Crippen LogP contribution in [-0.2, 0) is 9.53 Å². The number of nitrogens with one attached hydrogen (secondary N) is 1. The van der Waals surface area contributed by atoms with Crippen molar-refractivity contribution in [1.29, 1.82) is 0 Å². The molecule has 1 aliphatic heterocycles. The number of ether oxygens (including phenoxy) is 3. The van der Waals surface area contributed by atoms with Gasteiger partial charge in [-0.15, -0.1) is 0 Å². The van der Waals surface area contributed by atoms with E-state index < -0.39 is 17.5 Å². The Hall–Kier alpha value is -3.36. The molecule has 33 heavy (non-hydrogen) atoms. The highest BCUT2D eigenvalue weighted by molar-refractivity contribution is 6.30. The molecule has 2 aromatic carbocycles. The van der Waals surface area contributed by atoms with Crippen molar-refractivity contribution in [2.24, 2.45) is 0 Å². The lowest BCUT2D eigenvalue weighted by Crippen LogP contribution is -2.34. The lowest BCUT2D eigenvalue weighted by atomic mass is 10.1. The van der Waals surface area contributed by atoms with Crippen LogP contribution >= 0.6 is 11.6 Å². The standard InChI is InChI=1S/C24H22ClNO7/c1-14-9-16(25)5-7-20(14)31-13-22(27)32-17-6-4-15-10-19(24(29)33-21(15)11-17)23(28)26-12-18-3-2-8-30-18/h4-7,9-11,18H,2-3,8,12-13H2,1H3,(H,26,28). The number of aryl methyl sites for hydroxylation is 1. The zero-order valence-electron chi connectivity index (χ0n) is 17.9. The average molecular weight is 472 g/mol. The van der Waals surface area contributed by atoms with E-state index in [4.69, 9.17) is 30.2 Å². The molecule has 1 saturated heterocycles. The number of carbonyl (C=O) groups excluding carboxylic acids is 2. The minimum Gasteiger partial charge on any atom is -0.482 e. The molecule has 2 heterocycles. The van der Waals surface area contributed by atoms with E-state index in [0.717, 1.165) is 18.4 Å². The average Bonchev–Trinajstić information content (AvgIpc) is 3.30. The van der Waals surface area contributed by atoms with E-state index in [2.05, 4.69) is 5.32 Å². The Kier molecular flexibility index (Phi) is 6.96. The van der Waals surface area contributed by atoms with Crippen LogP contribution in [0.25, 0.3) is 11.0 Å². The van der Waals surface area contributed by atoms with Gasteiger partial charge in [-0.05, 0) is 61.7 Å². The Morgan fingerprint density at radius 3 is 2.79 bits per heavy atom. The van der Waals surface area contributed by atoms with Crippen molar-refractivity contribution in [1.82, 2.24) is 5.32 Å². The van der Waals surface area contributed by atoms with Crippen LogP contribution in [-0.4, -0.2) is 37.7 Å². The number of hydrogen-bond acceptors (Lipinski definition) is 7. The number of amides is 1. The van der Waals surface area contributed by atoms with Crippen molar-refractivity contribution in [2.45, 2.75) is 25.9 Å². The summed E-state index contributed by atoms with van der Waals surface area (Å²) in [5.41, 5.74) is 0.100. The van der Waals surface area contributed by atoms with Crippen molar-refractivity contribution < 1.29 is 28.2 Å². The number of fused-ring (bicyclic) bond motifs is 1.